The fourth-order valence-electron chi connectivity index (χ4n) is 3.07. The van der Waals surface area contributed by atoms with E-state index in [9.17, 15) is 8.78 Å². The first-order valence-electron chi connectivity index (χ1n) is 8.03. The molecule has 0 atom stereocenters. The van der Waals surface area contributed by atoms with Gasteiger partial charge in [0.2, 0.25) is 5.82 Å². The topological polar surface area (TPSA) is 9.23 Å². The number of halogens is 2. The molecule has 0 bridgehead atoms. The van der Waals surface area contributed by atoms with E-state index in [2.05, 4.69) is 6.58 Å². The normalized spacial score (nSPS) is 22.0. The lowest BCUT2D eigenvalue weighted by atomic mass is 9.79. The average molecular weight is 306 g/mol. The summed E-state index contributed by atoms with van der Waals surface area (Å²) in [5, 5.41) is 0. The van der Waals surface area contributed by atoms with Gasteiger partial charge in [0.15, 0.2) is 11.6 Å². The number of benzene rings is 1. The van der Waals surface area contributed by atoms with Gasteiger partial charge in [-0.1, -0.05) is 18.2 Å². The molecular formula is C19H24F2O. The number of allylic oxidation sites excluding steroid dienone is 2. The zero-order valence-electron chi connectivity index (χ0n) is 13.2. The molecule has 22 heavy (non-hydrogen) atoms. The maximum absolute atomic E-state index is 14.1. The third-order valence-electron chi connectivity index (χ3n) is 4.50. The minimum atomic E-state index is -0.897. The van der Waals surface area contributed by atoms with Crippen molar-refractivity contribution in [2.75, 3.05) is 0 Å². The van der Waals surface area contributed by atoms with Crippen molar-refractivity contribution in [1.82, 2.24) is 0 Å². The third kappa shape index (κ3) is 4.19. The Bertz CT molecular complexity index is 528. The summed E-state index contributed by atoms with van der Waals surface area (Å²) in [5.41, 5.74) is 0.441. The van der Waals surface area contributed by atoms with Crippen LogP contribution in [0.3, 0.4) is 0 Å². The Labute approximate surface area is 131 Å². The van der Waals surface area contributed by atoms with Gasteiger partial charge in [-0.2, -0.15) is 4.39 Å². The van der Waals surface area contributed by atoms with Crippen molar-refractivity contribution in [1.29, 1.82) is 0 Å². The largest absolute Gasteiger partial charge is 0.462 e. The minimum absolute atomic E-state index is 0.0640. The van der Waals surface area contributed by atoms with Gasteiger partial charge in [-0.05, 0) is 68.9 Å². The van der Waals surface area contributed by atoms with Crippen LogP contribution in [0.25, 0.3) is 0 Å². The quantitative estimate of drug-likeness (QED) is 0.476. The lowest BCUT2D eigenvalue weighted by molar-refractivity contribution is 0.295. The van der Waals surface area contributed by atoms with Crippen LogP contribution in [0.1, 0.15) is 44.6 Å². The smallest absolute Gasteiger partial charge is 0.201 e. The van der Waals surface area contributed by atoms with E-state index >= 15 is 0 Å². The second-order valence-corrected chi connectivity index (χ2v) is 5.99. The first-order valence-corrected chi connectivity index (χ1v) is 8.03. The van der Waals surface area contributed by atoms with Crippen LogP contribution in [0.2, 0.25) is 0 Å². The fraction of sp³-hybridized carbons (Fsp3) is 0.474. The van der Waals surface area contributed by atoms with Crippen molar-refractivity contribution in [3.05, 3.63) is 54.3 Å². The molecule has 0 radical (unpaired) electrons. The van der Waals surface area contributed by atoms with Crippen molar-refractivity contribution in [2.45, 2.75) is 45.4 Å². The van der Waals surface area contributed by atoms with Gasteiger partial charge in [0.25, 0.3) is 0 Å². The van der Waals surface area contributed by atoms with E-state index in [0.29, 0.717) is 23.8 Å². The van der Waals surface area contributed by atoms with Crippen molar-refractivity contribution in [3.8, 4) is 5.75 Å². The van der Waals surface area contributed by atoms with E-state index in [4.69, 9.17) is 4.74 Å². The molecule has 1 aromatic rings. The average Bonchev–Trinajstić information content (AvgIpc) is 2.56. The molecule has 0 unspecified atom stereocenters. The Morgan fingerprint density at radius 2 is 1.91 bits per heavy atom. The molecule has 3 heteroatoms. The predicted molar refractivity (Wildman–Crippen MR) is 85.8 cm³/mol. The van der Waals surface area contributed by atoms with Gasteiger partial charge < -0.3 is 4.74 Å². The van der Waals surface area contributed by atoms with Gasteiger partial charge in [-0.3, -0.25) is 0 Å². The summed E-state index contributed by atoms with van der Waals surface area (Å²) in [6, 6.07) is 3.13. The first kappa shape index (κ1) is 16.7. The van der Waals surface area contributed by atoms with E-state index in [-0.39, 0.29) is 5.75 Å². The molecule has 0 aromatic heterocycles. The second-order valence-electron chi connectivity index (χ2n) is 5.99. The number of hydrogen-bond acceptors (Lipinski definition) is 1. The summed E-state index contributed by atoms with van der Waals surface area (Å²) in [6.07, 6.45) is 11.1. The van der Waals surface area contributed by atoms with Crippen LogP contribution in [0, 0.1) is 23.5 Å². The predicted octanol–water partition coefficient (Wildman–Crippen LogP) is 5.80. The van der Waals surface area contributed by atoms with E-state index in [0.717, 1.165) is 19.3 Å². The van der Waals surface area contributed by atoms with Gasteiger partial charge in [-0.15, -0.1) is 6.58 Å². The van der Waals surface area contributed by atoms with Crippen LogP contribution in [-0.4, -0.2) is 0 Å². The van der Waals surface area contributed by atoms with Gasteiger partial charge in [0, 0.05) is 0 Å². The van der Waals surface area contributed by atoms with Crippen LogP contribution in [-0.2, 0) is 6.42 Å². The van der Waals surface area contributed by atoms with Crippen molar-refractivity contribution in [3.63, 3.8) is 0 Å². The number of hydrogen-bond donors (Lipinski definition) is 0. The van der Waals surface area contributed by atoms with Crippen molar-refractivity contribution < 1.29 is 13.5 Å². The van der Waals surface area contributed by atoms with Crippen LogP contribution >= 0.6 is 0 Å². The number of aryl methyl sites for hydroxylation is 1. The fourth-order valence-corrected chi connectivity index (χ4v) is 3.07. The summed E-state index contributed by atoms with van der Waals surface area (Å²) in [6.45, 7) is 5.60. The van der Waals surface area contributed by atoms with E-state index < -0.39 is 11.6 Å². The standard InChI is InChI=1S/C19H24F2O/c1-3-13-22-17-12-11-16(18(20)19(17)21)10-9-15-7-5-14(4-2)6-8-15/h3-4,11-15H,2,5-10H2,1H3/b13-3+. The third-order valence-corrected chi connectivity index (χ3v) is 4.50. The molecule has 0 heterocycles. The van der Waals surface area contributed by atoms with E-state index in [1.165, 1.54) is 25.2 Å². The van der Waals surface area contributed by atoms with Gasteiger partial charge in [-0.25, -0.2) is 4.39 Å². The molecule has 1 saturated carbocycles. The van der Waals surface area contributed by atoms with Gasteiger partial charge in [0.1, 0.15) is 0 Å². The molecule has 0 saturated heterocycles. The molecule has 0 spiro atoms. The molecular weight excluding hydrogens is 282 g/mol. The molecule has 1 aromatic carbocycles. The van der Waals surface area contributed by atoms with Crippen molar-refractivity contribution in [2.24, 2.45) is 11.8 Å². The highest BCUT2D eigenvalue weighted by Gasteiger charge is 2.20. The molecule has 120 valence electrons. The van der Waals surface area contributed by atoms with E-state index in [1.54, 1.807) is 19.1 Å². The van der Waals surface area contributed by atoms with E-state index in [1.807, 2.05) is 6.08 Å². The zero-order chi connectivity index (χ0) is 15.9. The van der Waals surface area contributed by atoms with Gasteiger partial charge in [0.05, 0.1) is 6.26 Å². The van der Waals surface area contributed by atoms with Crippen LogP contribution in [0.4, 0.5) is 8.78 Å². The van der Waals surface area contributed by atoms with Crippen LogP contribution < -0.4 is 4.74 Å². The highest BCUT2D eigenvalue weighted by Crippen LogP contribution is 2.33. The first-order chi connectivity index (χ1) is 10.7. The molecule has 1 aliphatic rings. The molecule has 0 amide bonds. The Balaban J connectivity index is 1.93. The van der Waals surface area contributed by atoms with Crippen LogP contribution in [0.15, 0.2) is 37.1 Å². The summed E-state index contributed by atoms with van der Waals surface area (Å²) in [7, 11) is 0. The summed E-state index contributed by atoms with van der Waals surface area (Å²) in [4.78, 5) is 0. The van der Waals surface area contributed by atoms with Crippen LogP contribution in [0.5, 0.6) is 5.75 Å². The number of ether oxygens (including phenoxy) is 1. The lowest BCUT2D eigenvalue weighted by Crippen LogP contribution is -2.14. The SMILES string of the molecule is C=CC1CCC(CCc2ccc(O/C=C/C)c(F)c2F)CC1. The zero-order valence-corrected chi connectivity index (χ0v) is 13.2. The molecule has 0 N–H and O–H groups in total. The Hall–Kier alpha value is -1.64. The monoisotopic (exact) mass is 306 g/mol. The lowest BCUT2D eigenvalue weighted by Gasteiger charge is -2.26. The maximum atomic E-state index is 14.1. The summed E-state index contributed by atoms with van der Waals surface area (Å²) < 4.78 is 33.0. The summed E-state index contributed by atoms with van der Waals surface area (Å²) >= 11 is 0. The molecule has 2 rings (SSSR count). The Morgan fingerprint density at radius 3 is 2.55 bits per heavy atom. The molecule has 1 nitrogen and oxygen atoms in total. The summed E-state index contributed by atoms with van der Waals surface area (Å²) in [5.74, 6) is -0.496. The highest BCUT2D eigenvalue weighted by atomic mass is 19.2. The molecule has 0 aliphatic heterocycles. The van der Waals surface area contributed by atoms with Crippen molar-refractivity contribution >= 4 is 0 Å². The highest BCUT2D eigenvalue weighted by molar-refractivity contribution is 5.31. The molecule has 1 aliphatic carbocycles. The second kappa shape index (κ2) is 8.11. The number of rotatable bonds is 6. The maximum Gasteiger partial charge on any atom is 0.201 e. The Kier molecular flexibility index (Phi) is 6.17. The minimum Gasteiger partial charge on any atom is -0.462 e. The molecule has 1 fully saturated rings. The van der Waals surface area contributed by atoms with Gasteiger partial charge >= 0.3 is 0 Å². The Morgan fingerprint density at radius 1 is 1.18 bits per heavy atom.